The standard InChI is InChI=1S/C21H33N3OS/c1-16-5-6-18(15-24-8-10-26-11-9-24)13-20(16)23-21(25)12-17(2)19-4-3-7-22-14-19/h5-6,13,17,19,22H,3-4,7-12,14-15H2,1-2H3,(H,23,25). The molecule has 0 spiro atoms. The Balaban J connectivity index is 1.55. The van der Waals surface area contributed by atoms with E-state index in [9.17, 15) is 4.79 Å². The van der Waals surface area contributed by atoms with E-state index in [4.69, 9.17) is 0 Å². The van der Waals surface area contributed by atoms with Crippen molar-refractivity contribution in [3.8, 4) is 0 Å². The van der Waals surface area contributed by atoms with Crippen molar-refractivity contribution in [1.29, 1.82) is 0 Å². The molecule has 5 heteroatoms. The molecular formula is C21H33N3OS. The minimum atomic E-state index is 0.151. The maximum absolute atomic E-state index is 12.6. The van der Waals surface area contributed by atoms with Gasteiger partial charge in [-0.05, 0) is 61.9 Å². The summed E-state index contributed by atoms with van der Waals surface area (Å²) in [5, 5.41) is 6.63. The number of piperidine rings is 1. The van der Waals surface area contributed by atoms with Gasteiger partial charge in [0.05, 0.1) is 0 Å². The summed E-state index contributed by atoms with van der Waals surface area (Å²) in [4.78, 5) is 15.1. The van der Waals surface area contributed by atoms with Crippen LogP contribution in [-0.2, 0) is 11.3 Å². The van der Waals surface area contributed by atoms with Crippen LogP contribution in [0.15, 0.2) is 18.2 Å². The lowest BCUT2D eigenvalue weighted by molar-refractivity contribution is -0.117. The number of benzene rings is 1. The third kappa shape index (κ3) is 5.73. The van der Waals surface area contributed by atoms with Crippen molar-refractivity contribution in [2.45, 2.75) is 39.7 Å². The van der Waals surface area contributed by atoms with Crippen LogP contribution in [0.25, 0.3) is 0 Å². The molecule has 2 unspecified atom stereocenters. The largest absolute Gasteiger partial charge is 0.326 e. The van der Waals surface area contributed by atoms with E-state index in [-0.39, 0.29) is 5.91 Å². The van der Waals surface area contributed by atoms with Crippen molar-refractivity contribution < 1.29 is 4.79 Å². The minimum absolute atomic E-state index is 0.151. The van der Waals surface area contributed by atoms with E-state index in [2.05, 4.69) is 47.6 Å². The number of carbonyl (C=O) groups is 1. The van der Waals surface area contributed by atoms with Gasteiger partial charge in [-0.15, -0.1) is 0 Å². The number of thioether (sulfide) groups is 1. The highest BCUT2D eigenvalue weighted by molar-refractivity contribution is 7.99. The van der Waals surface area contributed by atoms with E-state index in [1.54, 1.807) is 0 Å². The zero-order valence-electron chi connectivity index (χ0n) is 16.2. The Morgan fingerprint density at radius 1 is 1.38 bits per heavy atom. The van der Waals surface area contributed by atoms with Crippen molar-refractivity contribution in [3.05, 3.63) is 29.3 Å². The van der Waals surface area contributed by atoms with Crippen molar-refractivity contribution in [3.63, 3.8) is 0 Å². The molecule has 0 aromatic heterocycles. The Hall–Kier alpha value is -1.04. The monoisotopic (exact) mass is 375 g/mol. The topological polar surface area (TPSA) is 44.4 Å². The van der Waals surface area contributed by atoms with Crippen LogP contribution < -0.4 is 10.6 Å². The molecule has 1 amide bonds. The van der Waals surface area contributed by atoms with Gasteiger partial charge in [0.2, 0.25) is 5.91 Å². The van der Waals surface area contributed by atoms with Crippen LogP contribution in [0.5, 0.6) is 0 Å². The normalized spacial score (nSPS) is 22.8. The molecule has 0 radical (unpaired) electrons. The number of carbonyl (C=O) groups excluding carboxylic acids is 1. The summed E-state index contributed by atoms with van der Waals surface area (Å²) >= 11 is 2.04. The van der Waals surface area contributed by atoms with Crippen molar-refractivity contribution in [2.24, 2.45) is 11.8 Å². The third-order valence-electron chi connectivity index (χ3n) is 5.73. The third-order valence-corrected chi connectivity index (χ3v) is 6.68. The van der Waals surface area contributed by atoms with Crippen LogP contribution in [0.3, 0.4) is 0 Å². The van der Waals surface area contributed by atoms with Gasteiger partial charge in [-0.25, -0.2) is 0 Å². The number of nitrogens with zero attached hydrogens (tertiary/aromatic N) is 1. The van der Waals surface area contributed by atoms with E-state index in [1.165, 1.54) is 29.9 Å². The van der Waals surface area contributed by atoms with Crippen LogP contribution in [0.4, 0.5) is 5.69 Å². The molecule has 2 fully saturated rings. The maximum atomic E-state index is 12.6. The second kappa shape index (κ2) is 9.77. The van der Waals surface area contributed by atoms with Crippen LogP contribution in [0.1, 0.15) is 37.3 Å². The molecule has 144 valence electrons. The number of amides is 1. The predicted octanol–water partition coefficient (Wildman–Crippen LogP) is 3.51. The van der Waals surface area contributed by atoms with Crippen LogP contribution >= 0.6 is 11.8 Å². The van der Waals surface area contributed by atoms with Crippen molar-refractivity contribution in [1.82, 2.24) is 10.2 Å². The Morgan fingerprint density at radius 3 is 2.92 bits per heavy atom. The fourth-order valence-corrected chi connectivity index (χ4v) is 4.92. The van der Waals surface area contributed by atoms with E-state index in [1.807, 2.05) is 11.8 Å². The van der Waals surface area contributed by atoms with Gasteiger partial charge in [-0.3, -0.25) is 9.69 Å². The highest BCUT2D eigenvalue weighted by atomic mass is 32.2. The second-order valence-corrected chi connectivity index (χ2v) is 9.10. The second-order valence-electron chi connectivity index (χ2n) is 7.87. The van der Waals surface area contributed by atoms with Crippen LogP contribution in [0.2, 0.25) is 0 Å². The number of hydrogen-bond acceptors (Lipinski definition) is 4. The zero-order chi connectivity index (χ0) is 18.4. The molecule has 26 heavy (non-hydrogen) atoms. The SMILES string of the molecule is Cc1ccc(CN2CCSCC2)cc1NC(=O)CC(C)C1CCCNC1. The van der Waals surface area contributed by atoms with Crippen molar-refractivity contribution >= 4 is 23.4 Å². The summed E-state index contributed by atoms with van der Waals surface area (Å²) in [6.07, 6.45) is 3.08. The summed E-state index contributed by atoms with van der Waals surface area (Å²) in [6.45, 7) is 9.77. The van der Waals surface area contributed by atoms with Crippen LogP contribution in [-0.4, -0.2) is 48.5 Å². The number of rotatable bonds is 6. The molecule has 1 aromatic carbocycles. The summed E-state index contributed by atoms with van der Waals surface area (Å²) in [5.41, 5.74) is 3.42. The summed E-state index contributed by atoms with van der Waals surface area (Å²) in [5.74, 6) is 3.65. The Morgan fingerprint density at radius 2 is 2.19 bits per heavy atom. The minimum Gasteiger partial charge on any atom is -0.326 e. The molecule has 0 aliphatic carbocycles. The number of hydrogen-bond donors (Lipinski definition) is 2. The van der Waals surface area contributed by atoms with E-state index in [0.717, 1.165) is 44.0 Å². The average Bonchev–Trinajstić information content (AvgIpc) is 2.66. The predicted molar refractivity (Wildman–Crippen MR) is 112 cm³/mol. The first-order valence-electron chi connectivity index (χ1n) is 10.0. The molecule has 4 nitrogen and oxygen atoms in total. The molecule has 0 saturated carbocycles. The molecular weight excluding hydrogens is 342 g/mol. The zero-order valence-corrected chi connectivity index (χ0v) is 17.0. The summed E-state index contributed by atoms with van der Waals surface area (Å²) in [7, 11) is 0. The van der Waals surface area contributed by atoms with Gasteiger partial charge in [-0.1, -0.05) is 19.1 Å². The fraction of sp³-hybridized carbons (Fsp3) is 0.667. The van der Waals surface area contributed by atoms with Gasteiger partial charge in [-0.2, -0.15) is 11.8 Å². The van der Waals surface area contributed by atoms with E-state index in [0.29, 0.717) is 18.3 Å². The summed E-state index contributed by atoms with van der Waals surface area (Å²) < 4.78 is 0. The molecule has 2 heterocycles. The van der Waals surface area contributed by atoms with Crippen molar-refractivity contribution in [2.75, 3.05) is 43.0 Å². The smallest absolute Gasteiger partial charge is 0.224 e. The number of aryl methyl sites for hydroxylation is 1. The highest BCUT2D eigenvalue weighted by Gasteiger charge is 2.22. The molecule has 2 atom stereocenters. The Labute approximate surface area is 162 Å². The lowest BCUT2D eigenvalue weighted by Crippen LogP contribution is -2.34. The van der Waals surface area contributed by atoms with Gasteiger partial charge >= 0.3 is 0 Å². The van der Waals surface area contributed by atoms with Crippen LogP contribution in [0, 0.1) is 18.8 Å². The molecule has 3 rings (SSSR count). The van der Waals surface area contributed by atoms with Gasteiger partial charge in [0.1, 0.15) is 0 Å². The van der Waals surface area contributed by atoms with E-state index >= 15 is 0 Å². The average molecular weight is 376 g/mol. The summed E-state index contributed by atoms with van der Waals surface area (Å²) in [6, 6.07) is 6.50. The fourth-order valence-electron chi connectivity index (χ4n) is 3.94. The first kappa shape index (κ1) is 19.7. The highest BCUT2D eigenvalue weighted by Crippen LogP contribution is 2.24. The lowest BCUT2D eigenvalue weighted by Gasteiger charge is -2.28. The van der Waals surface area contributed by atoms with Gasteiger partial charge in [0.15, 0.2) is 0 Å². The van der Waals surface area contributed by atoms with Gasteiger partial charge < -0.3 is 10.6 Å². The Kier molecular flexibility index (Phi) is 7.41. The number of anilines is 1. The quantitative estimate of drug-likeness (QED) is 0.799. The first-order valence-corrected chi connectivity index (χ1v) is 11.2. The van der Waals surface area contributed by atoms with Gasteiger partial charge in [0.25, 0.3) is 0 Å². The molecule has 1 aromatic rings. The maximum Gasteiger partial charge on any atom is 0.224 e. The molecule has 0 bridgehead atoms. The molecule has 2 aliphatic rings. The Bertz CT molecular complexity index is 595. The first-order chi connectivity index (χ1) is 12.6. The molecule has 2 saturated heterocycles. The lowest BCUT2D eigenvalue weighted by atomic mass is 9.85. The van der Waals surface area contributed by atoms with Gasteiger partial charge in [0, 0.05) is 43.2 Å². The molecule has 2 aliphatic heterocycles. The van der Waals surface area contributed by atoms with E-state index < -0.39 is 0 Å². The molecule has 2 N–H and O–H groups in total. The number of nitrogens with one attached hydrogen (secondary N) is 2.